The number of hydrogen-bond donors (Lipinski definition) is 2. The average Bonchev–Trinajstić information content (AvgIpc) is 2.91. The average molecular weight is 230 g/mol. The quantitative estimate of drug-likeness (QED) is 0.827. The summed E-state index contributed by atoms with van der Waals surface area (Å²) >= 11 is 0. The van der Waals surface area contributed by atoms with Crippen LogP contribution in [-0.4, -0.2) is 14.8 Å². The highest BCUT2D eigenvalue weighted by Crippen LogP contribution is 2.31. The maximum Gasteiger partial charge on any atom is 0.0537 e. The van der Waals surface area contributed by atoms with Crippen molar-refractivity contribution in [2.45, 2.75) is 38.8 Å². The van der Waals surface area contributed by atoms with Crippen LogP contribution in [0.15, 0.2) is 18.5 Å². The molecule has 2 aromatic heterocycles. The Hall–Kier alpha value is -1.55. The predicted octanol–water partition coefficient (Wildman–Crippen LogP) is 1.90. The summed E-state index contributed by atoms with van der Waals surface area (Å²) in [6.07, 6.45) is 7.29. The van der Waals surface area contributed by atoms with E-state index in [1.165, 1.54) is 28.9 Å². The van der Waals surface area contributed by atoms with Crippen LogP contribution in [0, 0.1) is 6.92 Å². The summed E-state index contributed by atoms with van der Waals surface area (Å²) in [5.74, 6) is 0. The monoisotopic (exact) mass is 230 g/mol. The van der Waals surface area contributed by atoms with Gasteiger partial charge in [0.05, 0.1) is 12.7 Å². The van der Waals surface area contributed by atoms with Gasteiger partial charge in [0.15, 0.2) is 0 Å². The Balaban J connectivity index is 1.99. The summed E-state index contributed by atoms with van der Waals surface area (Å²) in [5, 5.41) is 6.86. The largest absolute Gasteiger partial charge is 0.344 e. The van der Waals surface area contributed by atoms with Crippen LogP contribution in [-0.2, 0) is 13.0 Å². The van der Waals surface area contributed by atoms with Gasteiger partial charge in [-0.3, -0.25) is 5.10 Å². The lowest BCUT2D eigenvalue weighted by Gasteiger charge is -2.21. The summed E-state index contributed by atoms with van der Waals surface area (Å²) in [5.41, 5.74) is 11.4. The van der Waals surface area contributed by atoms with E-state index in [9.17, 15) is 0 Å². The smallest absolute Gasteiger partial charge is 0.0537 e. The Labute approximate surface area is 101 Å². The Morgan fingerprint density at radius 2 is 2.47 bits per heavy atom. The van der Waals surface area contributed by atoms with Crippen molar-refractivity contribution in [3.63, 3.8) is 0 Å². The van der Waals surface area contributed by atoms with Gasteiger partial charge < -0.3 is 10.3 Å². The Bertz CT molecular complexity index is 510. The Morgan fingerprint density at radius 3 is 3.24 bits per heavy atom. The van der Waals surface area contributed by atoms with Crippen molar-refractivity contribution in [3.05, 3.63) is 41.0 Å². The molecule has 2 aromatic rings. The van der Waals surface area contributed by atoms with Gasteiger partial charge in [0.1, 0.15) is 0 Å². The second-order valence-corrected chi connectivity index (χ2v) is 4.88. The minimum Gasteiger partial charge on any atom is -0.344 e. The predicted molar refractivity (Wildman–Crippen MR) is 66.7 cm³/mol. The molecular formula is C13H18N4. The molecule has 0 aromatic carbocycles. The lowest BCUT2D eigenvalue weighted by molar-refractivity contribution is 0.546. The molecule has 0 aliphatic heterocycles. The van der Waals surface area contributed by atoms with Crippen LogP contribution in [0.1, 0.15) is 41.4 Å². The highest BCUT2D eigenvalue weighted by molar-refractivity contribution is 5.33. The van der Waals surface area contributed by atoms with E-state index >= 15 is 0 Å². The highest BCUT2D eigenvalue weighted by atomic mass is 15.1. The SMILES string of the molecule is Cc1cc2c(n1Cc1cn[nH]c1)CCCC2N. The first-order valence-electron chi connectivity index (χ1n) is 6.18. The van der Waals surface area contributed by atoms with Gasteiger partial charge >= 0.3 is 0 Å². The van der Waals surface area contributed by atoms with E-state index in [1.807, 2.05) is 12.4 Å². The fraction of sp³-hybridized carbons (Fsp3) is 0.462. The molecular weight excluding hydrogens is 212 g/mol. The van der Waals surface area contributed by atoms with Crippen LogP contribution in [0.2, 0.25) is 0 Å². The number of H-pyrrole nitrogens is 1. The lowest BCUT2D eigenvalue weighted by Crippen LogP contribution is -2.18. The van der Waals surface area contributed by atoms with Crippen LogP contribution in [0.4, 0.5) is 0 Å². The Morgan fingerprint density at radius 1 is 1.59 bits per heavy atom. The molecule has 4 nitrogen and oxygen atoms in total. The summed E-state index contributed by atoms with van der Waals surface area (Å²) < 4.78 is 2.37. The molecule has 0 spiro atoms. The molecule has 2 heterocycles. The molecule has 1 unspecified atom stereocenters. The summed E-state index contributed by atoms with van der Waals surface area (Å²) in [7, 11) is 0. The standard InChI is InChI=1S/C13H18N4/c1-9-5-11-12(14)3-2-4-13(11)17(9)8-10-6-15-16-7-10/h5-7,12H,2-4,8,14H2,1H3,(H,15,16). The Kier molecular flexibility index (Phi) is 2.52. The van der Waals surface area contributed by atoms with E-state index in [1.54, 1.807) is 0 Å². The van der Waals surface area contributed by atoms with Gasteiger partial charge in [-0.1, -0.05) is 0 Å². The lowest BCUT2D eigenvalue weighted by atomic mass is 9.93. The third-order valence-corrected chi connectivity index (χ3v) is 3.67. The maximum atomic E-state index is 6.17. The van der Waals surface area contributed by atoms with Crippen molar-refractivity contribution in [1.29, 1.82) is 0 Å². The first-order chi connectivity index (χ1) is 8.25. The van der Waals surface area contributed by atoms with E-state index in [0.29, 0.717) is 0 Å². The van der Waals surface area contributed by atoms with E-state index < -0.39 is 0 Å². The number of nitrogens with zero attached hydrogens (tertiary/aromatic N) is 2. The minimum atomic E-state index is 0.225. The number of nitrogens with two attached hydrogens (primary N) is 1. The first kappa shape index (κ1) is 10.6. The van der Waals surface area contributed by atoms with Crippen LogP contribution in [0.25, 0.3) is 0 Å². The molecule has 0 saturated heterocycles. The van der Waals surface area contributed by atoms with Gasteiger partial charge in [-0.05, 0) is 37.8 Å². The van der Waals surface area contributed by atoms with Crippen molar-refractivity contribution in [2.24, 2.45) is 5.73 Å². The molecule has 3 N–H and O–H groups in total. The van der Waals surface area contributed by atoms with E-state index in [0.717, 1.165) is 19.4 Å². The zero-order valence-electron chi connectivity index (χ0n) is 10.1. The molecule has 90 valence electrons. The summed E-state index contributed by atoms with van der Waals surface area (Å²) in [6.45, 7) is 3.05. The number of rotatable bonds is 2. The minimum absolute atomic E-state index is 0.225. The first-order valence-corrected chi connectivity index (χ1v) is 6.18. The number of hydrogen-bond acceptors (Lipinski definition) is 2. The normalized spacial score (nSPS) is 19.3. The van der Waals surface area contributed by atoms with E-state index in [4.69, 9.17) is 5.73 Å². The van der Waals surface area contributed by atoms with Crippen LogP contribution < -0.4 is 5.73 Å². The molecule has 1 atom stereocenters. The molecule has 0 fully saturated rings. The number of aryl methyl sites for hydroxylation is 1. The third kappa shape index (κ3) is 1.78. The maximum absolute atomic E-state index is 6.17. The molecule has 0 amide bonds. The van der Waals surface area contributed by atoms with Gasteiger partial charge in [0.2, 0.25) is 0 Å². The van der Waals surface area contributed by atoms with Crippen molar-refractivity contribution >= 4 is 0 Å². The van der Waals surface area contributed by atoms with Crippen molar-refractivity contribution in [2.75, 3.05) is 0 Å². The molecule has 1 aliphatic carbocycles. The van der Waals surface area contributed by atoms with Gasteiger partial charge in [0, 0.05) is 29.2 Å². The number of nitrogens with one attached hydrogen (secondary N) is 1. The third-order valence-electron chi connectivity index (χ3n) is 3.67. The summed E-state index contributed by atoms with van der Waals surface area (Å²) in [4.78, 5) is 0. The molecule has 0 saturated carbocycles. The van der Waals surface area contributed by atoms with Gasteiger partial charge in [-0.2, -0.15) is 5.10 Å². The molecule has 0 bridgehead atoms. The van der Waals surface area contributed by atoms with Crippen molar-refractivity contribution in [1.82, 2.24) is 14.8 Å². The van der Waals surface area contributed by atoms with Crippen molar-refractivity contribution < 1.29 is 0 Å². The fourth-order valence-corrected chi connectivity index (χ4v) is 2.77. The molecule has 3 rings (SSSR count). The van der Waals surface area contributed by atoms with E-state index in [-0.39, 0.29) is 6.04 Å². The van der Waals surface area contributed by atoms with Gasteiger partial charge in [-0.25, -0.2) is 0 Å². The van der Waals surface area contributed by atoms with Crippen LogP contribution in [0.3, 0.4) is 0 Å². The number of aromatic amines is 1. The molecule has 17 heavy (non-hydrogen) atoms. The zero-order valence-corrected chi connectivity index (χ0v) is 10.1. The molecule has 4 heteroatoms. The van der Waals surface area contributed by atoms with Gasteiger partial charge in [-0.15, -0.1) is 0 Å². The topological polar surface area (TPSA) is 59.6 Å². The zero-order chi connectivity index (χ0) is 11.8. The van der Waals surface area contributed by atoms with Crippen molar-refractivity contribution in [3.8, 4) is 0 Å². The summed E-state index contributed by atoms with van der Waals surface area (Å²) in [6, 6.07) is 2.47. The van der Waals surface area contributed by atoms with E-state index in [2.05, 4.69) is 27.8 Å². The van der Waals surface area contributed by atoms with Crippen LogP contribution in [0.5, 0.6) is 0 Å². The van der Waals surface area contributed by atoms with Crippen LogP contribution >= 0.6 is 0 Å². The fourth-order valence-electron chi connectivity index (χ4n) is 2.77. The second kappa shape index (κ2) is 4.04. The number of aromatic nitrogens is 3. The highest BCUT2D eigenvalue weighted by Gasteiger charge is 2.22. The molecule has 0 radical (unpaired) electrons. The molecule has 1 aliphatic rings. The second-order valence-electron chi connectivity index (χ2n) is 4.88. The number of fused-ring (bicyclic) bond motifs is 1. The van der Waals surface area contributed by atoms with Gasteiger partial charge in [0.25, 0.3) is 0 Å².